The van der Waals surface area contributed by atoms with Gasteiger partial charge >= 0.3 is 0 Å². The number of amides is 1. The van der Waals surface area contributed by atoms with Crippen molar-refractivity contribution < 1.29 is 4.79 Å². The summed E-state index contributed by atoms with van der Waals surface area (Å²) in [5.41, 5.74) is 0. The molecule has 0 bridgehead atoms. The molecule has 1 unspecified atom stereocenters. The maximum Gasteiger partial charge on any atom is 0.216 e. The van der Waals surface area contributed by atoms with Gasteiger partial charge < -0.3 is 5.32 Å². The van der Waals surface area contributed by atoms with E-state index < -0.39 is 0 Å². The van der Waals surface area contributed by atoms with Crippen molar-refractivity contribution in [3.05, 3.63) is 0 Å². The third-order valence-corrected chi connectivity index (χ3v) is 2.37. The minimum Gasteiger partial charge on any atom is -0.356 e. The standard InChI is InChI=1S/C12H25NO/c1-10(2)9-11(3)7-5-6-8-13-12(4)14/h10-11H,5-9H2,1-4H3,(H,13,14). The lowest BCUT2D eigenvalue weighted by Crippen LogP contribution is -2.20. The molecule has 1 amide bonds. The van der Waals surface area contributed by atoms with Crippen LogP contribution >= 0.6 is 0 Å². The molecular formula is C12H25NO. The van der Waals surface area contributed by atoms with Crippen molar-refractivity contribution in [1.82, 2.24) is 5.32 Å². The lowest BCUT2D eigenvalue weighted by molar-refractivity contribution is -0.118. The summed E-state index contributed by atoms with van der Waals surface area (Å²) < 4.78 is 0. The summed E-state index contributed by atoms with van der Waals surface area (Å²) in [6.07, 6.45) is 4.95. The fourth-order valence-electron chi connectivity index (χ4n) is 1.80. The van der Waals surface area contributed by atoms with Crippen molar-refractivity contribution in [3.63, 3.8) is 0 Å². The molecule has 0 fully saturated rings. The SMILES string of the molecule is CC(=O)NCCCCC(C)CC(C)C. The van der Waals surface area contributed by atoms with Crippen LogP contribution in [-0.4, -0.2) is 12.5 Å². The highest BCUT2D eigenvalue weighted by atomic mass is 16.1. The zero-order valence-electron chi connectivity index (χ0n) is 10.1. The molecule has 1 atom stereocenters. The van der Waals surface area contributed by atoms with Gasteiger partial charge in [-0.15, -0.1) is 0 Å². The topological polar surface area (TPSA) is 29.1 Å². The summed E-state index contributed by atoms with van der Waals surface area (Å²) in [4.78, 5) is 10.6. The van der Waals surface area contributed by atoms with Crippen molar-refractivity contribution in [1.29, 1.82) is 0 Å². The third kappa shape index (κ3) is 9.56. The zero-order chi connectivity index (χ0) is 11.0. The Balaban J connectivity index is 3.23. The van der Waals surface area contributed by atoms with Crippen LogP contribution < -0.4 is 5.32 Å². The summed E-state index contributed by atoms with van der Waals surface area (Å²) in [6, 6.07) is 0. The van der Waals surface area contributed by atoms with E-state index in [1.165, 1.54) is 19.3 Å². The summed E-state index contributed by atoms with van der Waals surface area (Å²) in [7, 11) is 0. The van der Waals surface area contributed by atoms with Gasteiger partial charge in [0.25, 0.3) is 0 Å². The van der Waals surface area contributed by atoms with E-state index in [-0.39, 0.29) is 5.91 Å². The highest BCUT2D eigenvalue weighted by molar-refractivity contribution is 5.72. The van der Waals surface area contributed by atoms with E-state index in [0.717, 1.165) is 24.8 Å². The van der Waals surface area contributed by atoms with Crippen LogP contribution in [0.5, 0.6) is 0 Å². The van der Waals surface area contributed by atoms with Crippen LogP contribution in [0.25, 0.3) is 0 Å². The van der Waals surface area contributed by atoms with E-state index in [1.54, 1.807) is 6.92 Å². The van der Waals surface area contributed by atoms with Gasteiger partial charge in [-0.3, -0.25) is 4.79 Å². The zero-order valence-corrected chi connectivity index (χ0v) is 10.1. The Morgan fingerprint density at radius 1 is 1.21 bits per heavy atom. The van der Waals surface area contributed by atoms with Gasteiger partial charge in [0.2, 0.25) is 5.91 Å². The van der Waals surface area contributed by atoms with E-state index in [0.29, 0.717) is 0 Å². The van der Waals surface area contributed by atoms with Crippen LogP contribution in [0, 0.1) is 11.8 Å². The first-order valence-electron chi connectivity index (χ1n) is 5.76. The molecule has 0 aromatic rings. The van der Waals surface area contributed by atoms with E-state index in [1.807, 2.05) is 0 Å². The second-order valence-corrected chi connectivity index (χ2v) is 4.71. The summed E-state index contributed by atoms with van der Waals surface area (Å²) in [5.74, 6) is 1.72. The highest BCUT2D eigenvalue weighted by Gasteiger charge is 2.04. The number of hydrogen-bond donors (Lipinski definition) is 1. The van der Waals surface area contributed by atoms with Crippen molar-refractivity contribution in [2.45, 2.75) is 53.4 Å². The molecule has 0 saturated carbocycles. The second-order valence-electron chi connectivity index (χ2n) is 4.71. The fourth-order valence-corrected chi connectivity index (χ4v) is 1.80. The molecule has 14 heavy (non-hydrogen) atoms. The Kier molecular flexibility index (Phi) is 7.54. The van der Waals surface area contributed by atoms with Gasteiger partial charge in [-0.05, 0) is 24.7 Å². The van der Waals surface area contributed by atoms with Crippen LogP contribution in [0.2, 0.25) is 0 Å². The number of unbranched alkanes of at least 4 members (excludes halogenated alkanes) is 1. The molecule has 2 nitrogen and oxygen atoms in total. The summed E-state index contributed by atoms with van der Waals surface area (Å²) >= 11 is 0. The summed E-state index contributed by atoms with van der Waals surface area (Å²) in [5, 5.41) is 2.82. The minimum absolute atomic E-state index is 0.0835. The Morgan fingerprint density at radius 3 is 2.36 bits per heavy atom. The average molecular weight is 199 g/mol. The maximum atomic E-state index is 10.6. The van der Waals surface area contributed by atoms with Crippen LogP contribution in [-0.2, 0) is 4.79 Å². The van der Waals surface area contributed by atoms with E-state index in [9.17, 15) is 4.79 Å². The minimum atomic E-state index is 0.0835. The summed E-state index contributed by atoms with van der Waals surface area (Å²) in [6.45, 7) is 9.27. The molecule has 0 aromatic carbocycles. The van der Waals surface area contributed by atoms with Crippen molar-refractivity contribution >= 4 is 5.91 Å². The van der Waals surface area contributed by atoms with Gasteiger partial charge in [-0.1, -0.05) is 33.6 Å². The number of carbonyl (C=O) groups excluding carboxylic acids is 1. The van der Waals surface area contributed by atoms with Crippen LogP contribution in [0.15, 0.2) is 0 Å². The smallest absolute Gasteiger partial charge is 0.216 e. The third-order valence-electron chi connectivity index (χ3n) is 2.37. The first kappa shape index (κ1) is 13.5. The molecular weight excluding hydrogens is 174 g/mol. The van der Waals surface area contributed by atoms with E-state index >= 15 is 0 Å². The van der Waals surface area contributed by atoms with Crippen LogP contribution in [0.4, 0.5) is 0 Å². The fraction of sp³-hybridized carbons (Fsp3) is 0.917. The second kappa shape index (κ2) is 7.84. The average Bonchev–Trinajstić information content (AvgIpc) is 2.01. The number of rotatable bonds is 7. The van der Waals surface area contributed by atoms with Gasteiger partial charge in [0.1, 0.15) is 0 Å². The lowest BCUT2D eigenvalue weighted by Gasteiger charge is -2.13. The van der Waals surface area contributed by atoms with Gasteiger partial charge in [0, 0.05) is 13.5 Å². The monoisotopic (exact) mass is 199 g/mol. The molecule has 0 aliphatic carbocycles. The van der Waals surface area contributed by atoms with Crippen LogP contribution in [0.1, 0.15) is 53.4 Å². The first-order valence-corrected chi connectivity index (χ1v) is 5.76. The first-order chi connectivity index (χ1) is 6.52. The molecule has 0 spiro atoms. The number of hydrogen-bond acceptors (Lipinski definition) is 1. The molecule has 0 saturated heterocycles. The van der Waals surface area contributed by atoms with Gasteiger partial charge in [-0.25, -0.2) is 0 Å². The van der Waals surface area contributed by atoms with Crippen LogP contribution in [0.3, 0.4) is 0 Å². The Bertz CT molecular complexity index is 154. The van der Waals surface area contributed by atoms with E-state index in [4.69, 9.17) is 0 Å². The molecule has 0 heterocycles. The molecule has 0 aromatic heterocycles. The quantitative estimate of drug-likeness (QED) is 0.627. The Morgan fingerprint density at radius 2 is 1.86 bits per heavy atom. The number of nitrogens with one attached hydrogen (secondary N) is 1. The predicted octanol–water partition coefficient (Wildman–Crippen LogP) is 2.98. The lowest BCUT2D eigenvalue weighted by atomic mass is 9.94. The van der Waals surface area contributed by atoms with E-state index in [2.05, 4.69) is 26.1 Å². The Hall–Kier alpha value is -0.530. The van der Waals surface area contributed by atoms with Gasteiger partial charge in [-0.2, -0.15) is 0 Å². The van der Waals surface area contributed by atoms with Gasteiger partial charge in [0.15, 0.2) is 0 Å². The predicted molar refractivity (Wildman–Crippen MR) is 61.2 cm³/mol. The molecule has 0 aliphatic heterocycles. The molecule has 0 aliphatic rings. The van der Waals surface area contributed by atoms with Gasteiger partial charge in [0.05, 0.1) is 0 Å². The van der Waals surface area contributed by atoms with Crippen molar-refractivity contribution in [3.8, 4) is 0 Å². The molecule has 84 valence electrons. The normalized spacial score (nSPS) is 12.9. The van der Waals surface area contributed by atoms with Crippen molar-refractivity contribution in [2.24, 2.45) is 11.8 Å². The molecule has 0 radical (unpaired) electrons. The highest BCUT2D eigenvalue weighted by Crippen LogP contribution is 2.16. The largest absolute Gasteiger partial charge is 0.356 e. The number of carbonyl (C=O) groups is 1. The van der Waals surface area contributed by atoms with Crippen molar-refractivity contribution in [2.75, 3.05) is 6.54 Å². The Labute approximate surface area is 88.5 Å². The molecule has 2 heteroatoms. The molecule has 1 N–H and O–H groups in total. The molecule has 0 rings (SSSR count). The maximum absolute atomic E-state index is 10.6.